The van der Waals surface area contributed by atoms with E-state index in [-0.39, 0.29) is 0 Å². The van der Waals surface area contributed by atoms with Crippen molar-refractivity contribution in [1.82, 2.24) is 14.7 Å². The molecule has 3 aromatic rings. The minimum atomic E-state index is -0.802. The minimum absolute atomic E-state index is 0.322. The number of nitrogens with zero attached hydrogens (tertiary/aromatic N) is 3. The quantitative estimate of drug-likeness (QED) is 0.487. The lowest BCUT2D eigenvalue weighted by Crippen LogP contribution is -2.37. The fourth-order valence-corrected chi connectivity index (χ4v) is 4.26. The molecular formula is C27H35N3O4. The third-order valence-corrected chi connectivity index (χ3v) is 6.31. The summed E-state index contributed by atoms with van der Waals surface area (Å²) in [6.07, 6.45) is 6.03. The Kier molecular flexibility index (Phi) is 8.08. The third-order valence-electron chi connectivity index (χ3n) is 6.31. The highest BCUT2D eigenvalue weighted by molar-refractivity contribution is 5.43. The molecule has 2 aromatic carbocycles. The Hall–Kier alpha value is -3.03. The van der Waals surface area contributed by atoms with Crippen molar-refractivity contribution in [2.45, 2.75) is 44.9 Å². The maximum absolute atomic E-state index is 11.1. The molecule has 34 heavy (non-hydrogen) atoms. The molecule has 0 aliphatic carbocycles. The number of likely N-dealkylation sites (tertiary alicyclic amines) is 1. The van der Waals surface area contributed by atoms with Crippen molar-refractivity contribution >= 4 is 0 Å². The van der Waals surface area contributed by atoms with E-state index in [1.165, 1.54) is 5.56 Å². The number of methoxy groups -OCH3 is 1. The van der Waals surface area contributed by atoms with Crippen molar-refractivity contribution < 1.29 is 19.3 Å². The van der Waals surface area contributed by atoms with Crippen molar-refractivity contribution in [2.24, 2.45) is 0 Å². The molecule has 2 heterocycles. The normalized spacial score (nSPS) is 18.9. The second-order valence-electron chi connectivity index (χ2n) is 9.06. The van der Waals surface area contributed by atoms with Crippen molar-refractivity contribution in [3.05, 3.63) is 72.1 Å². The number of aryl methyl sites for hydroxylation is 1. The number of rotatable bonds is 10. The average molecular weight is 466 g/mol. The van der Waals surface area contributed by atoms with Gasteiger partial charge >= 0.3 is 0 Å². The molecule has 1 saturated heterocycles. The number of hydrogen-bond acceptors (Lipinski definition) is 6. The number of aliphatic hydroxyl groups is 1. The Labute approximate surface area is 201 Å². The van der Waals surface area contributed by atoms with Crippen LogP contribution in [0.25, 0.3) is 0 Å². The van der Waals surface area contributed by atoms with Crippen molar-refractivity contribution in [1.29, 1.82) is 0 Å². The predicted molar refractivity (Wildman–Crippen MR) is 131 cm³/mol. The molecule has 7 heteroatoms. The maximum Gasteiger partial charge on any atom is 0.161 e. The smallest absolute Gasteiger partial charge is 0.161 e. The van der Waals surface area contributed by atoms with Crippen LogP contribution in [-0.4, -0.2) is 58.8 Å². The molecule has 1 aromatic heterocycles. The van der Waals surface area contributed by atoms with E-state index in [1.807, 2.05) is 53.3 Å². The molecular weight excluding hydrogens is 430 g/mol. The van der Waals surface area contributed by atoms with Crippen LogP contribution in [0, 0.1) is 6.92 Å². The van der Waals surface area contributed by atoms with Crippen LogP contribution in [0.3, 0.4) is 0 Å². The van der Waals surface area contributed by atoms with Gasteiger partial charge in [-0.3, -0.25) is 9.58 Å². The van der Waals surface area contributed by atoms with Crippen molar-refractivity contribution in [3.8, 4) is 17.2 Å². The fourth-order valence-electron chi connectivity index (χ4n) is 4.26. The number of benzene rings is 2. The third kappa shape index (κ3) is 6.74. The van der Waals surface area contributed by atoms with Gasteiger partial charge in [0, 0.05) is 25.5 Å². The fraction of sp³-hybridized carbons (Fsp3) is 0.444. The van der Waals surface area contributed by atoms with Crippen LogP contribution in [0.5, 0.6) is 17.2 Å². The van der Waals surface area contributed by atoms with Crippen LogP contribution in [0.2, 0.25) is 0 Å². The largest absolute Gasteiger partial charge is 0.493 e. The summed E-state index contributed by atoms with van der Waals surface area (Å²) in [6.45, 7) is 6.14. The van der Waals surface area contributed by atoms with Gasteiger partial charge in [0.25, 0.3) is 0 Å². The summed E-state index contributed by atoms with van der Waals surface area (Å²) in [6, 6.07) is 16.0. The van der Waals surface area contributed by atoms with Gasteiger partial charge in [-0.05, 0) is 68.6 Å². The Bertz CT molecular complexity index is 1020. The summed E-state index contributed by atoms with van der Waals surface area (Å²) in [4.78, 5) is 2.39. The summed E-state index contributed by atoms with van der Waals surface area (Å²) in [5.41, 5.74) is 1.56. The summed E-state index contributed by atoms with van der Waals surface area (Å²) >= 11 is 0. The Morgan fingerprint density at radius 3 is 2.65 bits per heavy atom. The van der Waals surface area contributed by atoms with Crippen LogP contribution in [-0.2, 0) is 13.1 Å². The first kappa shape index (κ1) is 24.1. The predicted octanol–water partition coefficient (Wildman–Crippen LogP) is 4.08. The molecule has 1 N–H and O–H groups in total. The second kappa shape index (κ2) is 11.4. The topological polar surface area (TPSA) is 69.0 Å². The first-order chi connectivity index (χ1) is 16.5. The van der Waals surface area contributed by atoms with Gasteiger partial charge in [0.2, 0.25) is 0 Å². The van der Waals surface area contributed by atoms with E-state index in [0.29, 0.717) is 26.2 Å². The van der Waals surface area contributed by atoms with E-state index in [4.69, 9.17) is 14.2 Å². The average Bonchev–Trinajstić information content (AvgIpc) is 3.29. The van der Waals surface area contributed by atoms with Crippen LogP contribution in [0.1, 0.15) is 30.4 Å². The molecule has 1 unspecified atom stereocenters. The van der Waals surface area contributed by atoms with Gasteiger partial charge in [-0.15, -0.1) is 0 Å². The SMILES string of the molecule is COc1cc(CN2CCCC(O)(COc3ccc(C)cc3)CC2)ccc1OCCn1cccn1. The van der Waals surface area contributed by atoms with E-state index in [1.54, 1.807) is 13.3 Å². The van der Waals surface area contributed by atoms with Crippen LogP contribution in [0.4, 0.5) is 0 Å². The number of hydrogen-bond donors (Lipinski definition) is 1. The maximum atomic E-state index is 11.1. The molecule has 0 spiro atoms. The summed E-state index contributed by atoms with van der Waals surface area (Å²) < 4.78 is 19.2. The van der Waals surface area contributed by atoms with Gasteiger partial charge in [-0.1, -0.05) is 23.8 Å². The molecule has 7 nitrogen and oxygen atoms in total. The van der Waals surface area contributed by atoms with Gasteiger partial charge < -0.3 is 19.3 Å². The van der Waals surface area contributed by atoms with E-state index in [9.17, 15) is 5.11 Å². The monoisotopic (exact) mass is 465 g/mol. The first-order valence-electron chi connectivity index (χ1n) is 11.9. The van der Waals surface area contributed by atoms with Gasteiger partial charge in [0.05, 0.1) is 19.3 Å². The molecule has 182 valence electrons. The highest BCUT2D eigenvalue weighted by atomic mass is 16.5. The van der Waals surface area contributed by atoms with Crippen LogP contribution < -0.4 is 14.2 Å². The molecule has 0 bridgehead atoms. The van der Waals surface area contributed by atoms with Gasteiger partial charge in [-0.25, -0.2) is 0 Å². The summed E-state index contributed by atoms with van der Waals surface area (Å²) in [5, 5.41) is 15.3. The van der Waals surface area contributed by atoms with E-state index in [2.05, 4.69) is 23.0 Å². The molecule has 0 saturated carbocycles. The molecule has 1 fully saturated rings. The molecule has 1 aliphatic heterocycles. The Morgan fingerprint density at radius 2 is 1.88 bits per heavy atom. The molecule has 4 rings (SSSR count). The van der Waals surface area contributed by atoms with E-state index in [0.717, 1.165) is 55.3 Å². The van der Waals surface area contributed by atoms with E-state index >= 15 is 0 Å². The van der Waals surface area contributed by atoms with Crippen molar-refractivity contribution in [3.63, 3.8) is 0 Å². The molecule has 0 amide bonds. The molecule has 0 radical (unpaired) electrons. The van der Waals surface area contributed by atoms with Gasteiger partial charge in [0.1, 0.15) is 19.0 Å². The second-order valence-corrected chi connectivity index (χ2v) is 9.06. The standard InChI is InChI=1S/C27H35N3O4/c1-22-5-8-24(9-6-22)34-21-27(31)11-3-14-29(16-12-27)20-23-7-10-25(26(19-23)32-2)33-18-17-30-15-4-13-28-30/h4-10,13,15,19,31H,3,11-12,14,16-18,20-21H2,1-2H3. The first-order valence-corrected chi connectivity index (χ1v) is 11.9. The number of ether oxygens (including phenoxy) is 3. The minimum Gasteiger partial charge on any atom is -0.493 e. The lowest BCUT2D eigenvalue weighted by atomic mass is 9.96. The Morgan fingerprint density at radius 1 is 1.03 bits per heavy atom. The molecule has 1 aliphatic rings. The summed E-state index contributed by atoms with van der Waals surface area (Å²) in [7, 11) is 1.67. The number of aromatic nitrogens is 2. The molecule has 1 atom stereocenters. The van der Waals surface area contributed by atoms with E-state index < -0.39 is 5.60 Å². The zero-order valence-corrected chi connectivity index (χ0v) is 20.2. The highest BCUT2D eigenvalue weighted by Crippen LogP contribution is 2.30. The van der Waals surface area contributed by atoms with Crippen molar-refractivity contribution in [2.75, 3.05) is 33.4 Å². The van der Waals surface area contributed by atoms with Gasteiger partial charge in [0.15, 0.2) is 11.5 Å². The summed E-state index contributed by atoms with van der Waals surface area (Å²) in [5.74, 6) is 2.27. The lowest BCUT2D eigenvalue weighted by molar-refractivity contribution is -0.0168. The highest BCUT2D eigenvalue weighted by Gasteiger charge is 2.31. The zero-order chi connectivity index (χ0) is 23.8. The van der Waals surface area contributed by atoms with Gasteiger partial charge in [-0.2, -0.15) is 5.10 Å². The van der Waals surface area contributed by atoms with Crippen LogP contribution in [0.15, 0.2) is 60.9 Å². The van der Waals surface area contributed by atoms with Crippen LogP contribution >= 0.6 is 0 Å². The zero-order valence-electron chi connectivity index (χ0n) is 20.2. The Balaban J connectivity index is 1.28. The lowest BCUT2D eigenvalue weighted by Gasteiger charge is -2.27.